The quantitative estimate of drug-likeness (QED) is 0.371. The average Bonchev–Trinajstić information content (AvgIpc) is 2.81. The number of fused-ring (bicyclic) bond motifs is 1. The number of amides is 1. The molecule has 0 saturated carbocycles. The first kappa shape index (κ1) is 29.1. The number of aliphatic hydroxyl groups excluding tert-OH is 1. The van der Waals surface area contributed by atoms with Crippen LogP contribution in [0.2, 0.25) is 0 Å². The van der Waals surface area contributed by atoms with E-state index in [1.807, 2.05) is 20.8 Å². The molecule has 1 aromatic carbocycles. The molecule has 1 unspecified atom stereocenters. The molecular formula is C27H38FNO5. The molecule has 6 nitrogen and oxygen atoms in total. The maximum absolute atomic E-state index is 15.8. The Morgan fingerprint density at radius 3 is 2.44 bits per heavy atom. The molecule has 0 saturated heterocycles. The molecular weight excluding hydrogens is 437 g/mol. The minimum absolute atomic E-state index is 0.117. The van der Waals surface area contributed by atoms with E-state index in [4.69, 9.17) is 4.74 Å². The maximum atomic E-state index is 15.8. The van der Waals surface area contributed by atoms with Crippen molar-refractivity contribution in [3.63, 3.8) is 0 Å². The summed E-state index contributed by atoms with van der Waals surface area (Å²) < 4.78 is 21.4. The summed E-state index contributed by atoms with van der Waals surface area (Å²) in [5.41, 5.74) is 2.53. The monoisotopic (exact) mass is 475 g/mol. The summed E-state index contributed by atoms with van der Waals surface area (Å²) in [7, 11) is 1.44. The number of carboxylic acids is 1. The first-order valence-electron chi connectivity index (χ1n) is 11.7. The van der Waals surface area contributed by atoms with Crippen LogP contribution < -0.4 is 4.74 Å². The van der Waals surface area contributed by atoms with Gasteiger partial charge in [-0.05, 0) is 57.7 Å². The van der Waals surface area contributed by atoms with Gasteiger partial charge in [-0.25, -0.2) is 4.39 Å². The first-order chi connectivity index (χ1) is 16.2. The number of carboxylic acid groups (broad SMARTS) is 1. The van der Waals surface area contributed by atoms with Crippen LogP contribution in [0.3, 0.4) is 0 Å². The SMILES string of the molecule is C/C=C\C(=C(C)C)/C(=C(/C(CCO)C(=O)O)N(C)C=O)c1ccc2c(c1F)CCCO2.CCC. The molecule has 1 atom stereocenters. The minimum atomic E-state index is -1.21. The number of carbonyl (C=O) groups is 2. The molecule has 2 rings (SSSR count). The predicted molar refractivity (Wildman–Crippen MR) is 133 cm³/mol. The fourth-order valence-corrected chi connectivity index (χ4v) is 3.84. The van der Waals surface area contributed by atoms with E-state index in [1.165, 1.54) is 13.5 Å². The van der Waals surface area contributed by atoms with E-state index in [9.17, 15) is 19.8 Å². The van der Waals surface area contributed by atoms with Crippen LogP contribution in [0.4, 0.5) is 4.39 Å². The molecule has 34 heavy (non-hydrogen) atoms. The first-order valence-corrected chi connectivity index (χ1v) is 11.7. The fraction of sp³-hybridized carbons (Fsp3) is 0.481. The molecule has 188 valence electrons. The number of halogens is 1. The topological polar surface area (TPSA) is 87.1 Å². The van der Waals surface area contributed by atoms with Gasteiger partial charge in [-0.15, -0.1) is 0 Å². The second kappa shape index (κ2) is 14.4. The molecule has 0 bridgehead atoms. The number of rotatable bonds is 9. The third kappa shape index (κ3) is 7.03. The summed E-state index contributed by atoms with van der Waals surface area (Å²) in [6, 6.07) is 3.25. The Morgan fingerprint density at radius 1 is 1.29 bits per heavy atom. The smallest absolute Gasteiger partial charge is 0.312 e. The lowest BCUT2D eigenvalue weighted by Crippen LogP contribution is -2.30. The lowest BCUT2D eigenvalue weighted by molar-refractivity contribution is -0.141. The zero-order valence-electron chi connectivity index (χ0n) is 21.2. The summed E-state index contributed by atoms with van der Waals surface area (Å²) in [6.07, 6.45) is 6.38. The zero-order chi connectivity index (χ0) is 25.8. The van der Waals surface area contributed by atoms with Crippen molar-refractivity contribution in [1.82, 2.24) is 4.90 Å². The van der Waals surface area contributed by atoms with E-state index in [-0.39, 0.29) is 17.7 Å². The number of allylic oxidation sites excluding steroid dienone is 5. The summed E-state index contributed by atoms with van der Waals surface area (Å²) in [6.45, 7) is 9.87. The molecule has 1 aliphatic rings. The number of hydrogen-bond donors (Lipinski definition) is 2. The third-order valence-electron chi connectivity index (χ3n) is 5.28. The van der Waals surface area contributed by atoms with Crippen LogP contribution in [0, 0.1) is 11.7 Å². The van der Waals surface area contributed by atoms with Crippen LogP contribution in [-0.2, 0) is 16.0 Å². The zero-order valence-corrected chi connectivity index (χ0v) is 21.2. The largest absolute Gasteiger partial charge is 0.493 e. The highest BCUT2D eigenvalue weighted by Gasteiger charge is 2.32. The van der Waals surface area contributed by atoms with Gasteiger partial charge in [0.2, 0.25) is 6.41 Å². The summed E-state index contributed by atoms with van der Waals surface area (Å²) >= 11 is 0. The molecule has 1 amide bonds. The highest BCUT2D eigenvalue weighted by Crippen LogP contribution is 2.40. The average molecular weight is 476 g/mol. The Bertz CT molecular complexity index is 945. The molecule has 0 spiro atoms. The van der Waals surface area contributed by atoms with E-state index < -0.39 is 24.3 Å². The van der Waals surface area contributed by atoms with Crippen molar-refractivity contribution in [2.75, 3.05) is 20.3 Å². The van der Waals surface area contributed by atoms with E-state index in [0.29, 0.717) is 48.3 Å². The van der Waals surface area contributed by atoms with E-state index in [1.54, 1.807) is 24.3 Å². The lowest BCUT2D eigenvalue weighted by atomic mass is 9.85. The molecule has 0 aliphatic carbocycles. The van der Waals surface area contributed by atoms with Crippen LogP contribution >= 0.6 is 0 Å². The Hall–Kier alpha value is -2.93. The number of aliphatic hydroxyl groups is 1. The Kier molecular flexibility index (Phi) is 12.3. The Labute approximate surface area is 202 Å². The lowest BCUT2D eigenvalue weighted by Gasteiger charge is -2.28. The van der Waals surface area contributed by atoms with Crippen molar-refractivity contribution in [3.8, 4) is 5.75 Å². The second-order valence-corrected chi connectivity index (χ2v) is 8.36. The molecule has 0 fully saturated rings. The summed E-state index contributed by atoms with van der Waals surface area (Å²) in [5, 5.41) is 19.4. The van der Waals surface area contributed by atoms with Gasteiger partial charge in [-0.2, -0.15) is 0 Å². The van der Waals surface area contributed by atoms with Crippen molar-refractivity contribution >= 4 is 18.0 Å². The van der Waals surface area contributed by atoms with Crippen LogP contribution in [0.1, 0.15) is 65.0 Å². The predicted octanol–water partition coefficient (Wildman–Crippen LogP) is 5.36. The summed E-state index contributed by atoms with van der Waals surface area (Å²) in [4.78, 5) is 25.0. The van der Waals surface area contributed by atoms with Gasteiger partial charge in [0.15, 0.2) is 0 Å². The minimum Gasteiger partial charge on any atom is -0.493 e. The Morgan fingerprint density at radius 2 is 1.94 bits per heavy atom. The number of nitrogens with zero attached hydrogens (tertiary/aromatic N) is 1. The number of hydrogen-bond acceptors (Lipinski definition) is 4. The van der Waals surface area contributed by atoms with Gasteiger partial charge < -0.3 is 19.8 Å². The standard InChI is InChI=1S/C24H30FNO5.C3H8/c1-5-7-16(15(2)3)21(23(26(4)14-28)19(11-12-27)24(29)30)18-9-10-20-17(22(18)25)8-6-13-31-20;1-3-2/h5,7,9-10,14,19,27H,6,8,11-13H2,1-4H3,(H,29,30);3H2,1-2H3/b7-5-,23-21+;. The van der Waals surface area contributed by atoms with Gasteiger partial charge in [0, 0.05) is 36.1 Å². The molecule has 1 aliphatic heterocycles. The molecule has 7 heteroatoms. The second-order valence-electron chi connectivity index (χ2n) is 8.36. The molecule has 2 N–H and O–H groups in total. The molecule has 1 aromatic rings. The van der Waals surface area contributed by atoms with Gasteiger partial charge >= 0.3 is 5.97 Å². The van der Waals surface area contributed by atoms with E-state index >= 15 is 4.39 Å². The van der Waals surface area contributed by atoms with Crippen molar-refractivity contribution in [1.29, 1.82) is 0 Å². The number of benzene rings is 1. The van der Waals surface area contributed by atoms with Gasteiger partial charge in [-0.1, -0.05) is 38.0 Å². The van der Waals surface area contributed by atoms with Crippen molar-refractivity contribution in [2.45, 2.75) is 60.3 Å². The van der Waals surface area contributed by atoms with Crippen LogP contribution in [-0.4, -0.2) is 47.8 Å². The van der Waals surface area contributed by atoms with Gasteiger partial charge in [0.25, 0.3) is 0 Å². The van der Waals surface area contributed by atoms with Crippen molar-refractivity contribution in [2.24, 2.45) is 5.92 Å². The van der Waals surface area contributed by atoms with Crippen LogP contribution in [0.15, 0.2) is 41.1 Å². The highest BCUT2D eigenvalue weighted by atomic mass is 19.1. The van der Waals surface area contributed by atoms with E-state index in [2.05, 4.69) is 13.8 Å². The summed E-state index contributed by atoms with van der Waals surface area (Å²) in [5.74, 6) is -2.42. The number of carbonyl (C=O) groups excluding carboxylic acids is 1. The highest BCUT2D eigenvalue weighted by molar-refractivity contribution is 5.90. The number of aliphatic carboxylic acids is 1. The molecule has 0 aromatic heterocycles. The maximum Gasteiger partial charge on any atom is 0.312 e. The van der Waals surface area contributed by atoms with Crippen LogP contribution in [0.5, 0.6) is 5.75 Å². The molecule has 0 radical (unpaired) electrons. The van der Waals surface area contributed by atoms with Crippen molar-refractivity contribution < 1.29 is 28.9 Å². The molecule has 1 heterocycles. The third-order valence-corrected chi connectivity index (χ3v) is 5.28. The Balaban J connectivity index is 0.00000182. The van der Waals surface area contributed by atoms with Gasteiger partial charge in [-0.3, -0.25) is 9.59 Å². The number of ether oxygens (including phenoxy) is 1. The fourth-order valence-electron chi connectivity index (χ4n) is 3.84. The van der Waals surface area contributed by atoms with Crippen molar-refractivity contribution in [3.05, 3.63) is 58.1 Å². The van der Waals surface area contributed by atoms with E-state index in [0.717, 1.165) is 10.5 Å². The van der Waals surface area contributed by atoms with Crippen LogP contribution in [0.25, 0.3) is 5.57 Å². The normalized spacial score (nSPS) is 14.1. The van der Waals surface area contributed by atoms with Gasteiger partial charge in [0.1, 0.15) is 11.6 Å². The van der Waals surface area contributed by atoms with Gasteiger partial charge in [0.05, 0.1) is 12.5 Å².